The molecular weight excluding hydrogens is 274 g/mol. The molecule has 0 fully saturated rings. The summed E-state index contributed by atoms with van der Waals surface area (Å²) in [5.74, 6) is 0. The maximum absolute atomic E-state index is 12.4. The van der Waals surface area contributed by atoms with Crippen LogP contribution in [0.25, 0.3) is 0 Å². The normalized spacial score (nSPS) is 19.2. The molecule has 6 heteroatoms. The molecule has 0 saturated heterocycles. The predicted molar refractivity (Wildman–Crippen MR) is 82.0 cm³/mol. The van der Waals surface area contributed by atoms with Crippen molar-refractivity contribution in [2.24, 2.45) is 0 Å². The van der Waals surface area contributed by atoms with E-state index in [9.17, 15) is 8.42 Å². The molecule has 1 atom stereocenters. The SMILES string of the molecule is CCNC1CCN(S(=O)(=O)NC(C)C)c2ccccc21. The van der Waals surface area contributed by atoms with E-state index in [1.54, 1.807) is 0 Å². The lowest BCUT2D eigenvalue weighted by Crippen LogP contribution is -2.47. The van der Waals surface area contributed by atoms with Crippen molar-refractivity contribution in [3.63, 3.8) is 0 Å². The smallest absolute Gasteiger partial charge is 0.301 e. The van der Waals surface area contributed by atoms with Crippen molar-refractivity contribution >= 4 is 15.9 Å². The first-order valence-electron chi connectivity index (χ1n) is 7.08. The van der Waals surface area contributed by atoms with E-state index in [1.165, 1.54) is 4.31 Å². The fourth-order valence-corrected chi connectivity index (χ4v) is 4.10. The lowest BCUT2D eigenvalue weighted by Gasteiger charge is -2.35. The number of benzene rings is 1. The molecule has 5 nitrogen and oxygen atoms in total. The zero-order valence-corrected chi connectivity index (χ0v) is 13.1. The Balaban J connectivity index is 2.36. The zero-order chi connectivity index (χ0) is 14.8. The highest BCUT2D eigenvalue weighted by molar-refractivity contribution is 7.90. The molecule has 0 bridgehead atoms. The van der Waals surface area contributed by atoms with Gasteiger partial charge in [-0.15, -0.1) is 0 Å². The number of nitrogens with zero attached hydrogens (tertiary/aromatic N) is 1. The van der Waals surface area contributed by atoms with Gasteiger partial charge in [-0.1, -0.05) is 25.1 Å². The number of rotatable bonds is 5. The maximum Gasteiger partial charge on any atom is 0.301 e. The van der Waals surface area contributed by atoms with Crippen molar-refractivity contribution in [3.8, 4) is 0 Å². The van der Waals surface area contributed by atoms with E-state index in [2.05, 4.69) is 17.0 Å². The monoisotopic (exact) mass is 297 g/mol. The van der Waals surface area contributed by atoms with E-state index in [-0.39, 0.29) is 12.1 Å². The largest absolute Gasteiger partial charge is 0.310 e. The Morgan fingerprint density at radius 2 is 2.05 bits per heavy atom. The molecule has 1 aromatic carbocycles. The molecule has 112 valence electrons. The van der Waals surface area contributed by atoms with Crippen molar-refractivity contribution in [1.82, 2.24) is 10.0 Å². The Kier molecular flexibility index (Phi) is 4.67. The third-order valence-corrected chi connectivity index (χ3v) is 5.06. The number of nitrogens with one attached hydrogen (secondary N) is 2. The summed E-state index contributed by atoms with van der Waals surface area (Å²) < 4.78 is 29.0. The molecule has 2 rings (SSSR count). The number of hydrogen-bond donors (Lipinski definition) is 2. The maximum atomic E-state index is 12.4. The summed E-state index contributed by atoms with van der Waals surface area (Å²) >= 11 is 0. The van der Waals surface area contributed by atoms with Gasteiger partial charge in [0.15, 0.2) is 0 Å². The first-order valence-corrected chi connectivity index (χ1v) is 8.52. The van der Waals surface area contributed by atoms with Crippen molar-refractivity contribution in [2.45, 2.75) is 39.3 Å². The van der Waals surface area contributed by atoms with Crippen molar-refractivity contribution in [1.29, 1.82) is 0 Å². The fourth-order valence-electron chi connectivity index (χ4n) is 2.60. The van der Waals surface area contributed by atoms with Crippen LogP contribution in [-0.4, -0.2) is 27.5 Å². The Labute approximate surface area is 121 Å². The topological polar surface area (TPSA) is 61.4 Å². The lowest BCUT2D eigenvalue weighted by molar-refractivity contribution is 0.498. The molecule has 1 heterocycles. The minimum Gasteiger partial charge on any atom is -0.310 e. The molecule has 1 aliphatic heterocycles. The fraction of sp³-hybridized carbons (Fsp3) is 0.571. The van der Waals surface area contributed by atoms with Crippen LogP contribution in [-0.2, 0) is 10.2 Å². The highest BCUT2D eigenvalue weighted by atomic mass is 32.2. The molecule has 1 aromatic rings. The summed E-state index contributed by atoms with van der Waals surface area (Å²) in [6.45, 7) is 7.09. The highest BCUT2D eigenvalue weighted by Gasteiger charge is 2.31. The average Bonchev–Trinajstić information content (AvgIpc) is 2.37. The van der Waals surface area contributed by atoms with Gasteiger partial charge in [-0.3, -0.25) is 4.31 Å². The highest BCUT2D eigenvalue weighted by Crippen LogP contribution is 2.34. The van der Waals surface area contributed by atoms with Crippen LogP contribution in [0.5, 0.6) is 0 Å². The summed E-state index contributed by atoms with van der Waals surface area (Å²) in [6, 6.07) is 7.82. The first kappa shape index (κ1) is 15.3. The number of hydrogen-bond acceptors (Lipinski definition) is 3. The second kappa shape index (κ2) is 6.11. The van der Waals surface area contributed by atoms with Gasteiger partial charge >= 0.3 is 10.2 Å². The van der Waals surface area contributed by atoms with Crippen LogP contribution in [0, 0.1) is 0 Å². The Bertz CT molecular complexity index is 557. The molecule has 1 aliphatic rings. The number of fused-ring (bicyclic) bond motifs is 1. The van der Waals surface area contributed by atoms with Crippen molar-refractivity contribution in [2.75, 3.05) is 17.4 Å². The van der Waals surface area contributed by atoms with Crippen LogP contribution in [0.2, 0.25) is 0 Å². The molecule has 0 aliphatic carbocycles. The predicted octanol–water partition coefficient (Wildman–Crippen LogP) is 1.79. The molecule has 0 radical (unpaired) electrons. The number of anilines is 1. The van der Waals surface area contributed by atoms with Gasteiger partial charge < -0.3 is 5.32 Å². The summed E-state index contributed by atoms with van der Waals surface area (Å²) in [5.41, 5.74) is 1.83. The van der Waals surface area contributed by atoms with E-state index < -0.39 is 10.2 Å². The van der Waals surface area contributed by atoms with Gasteiger partial charge in [-0.05, 0) is 38.4 Å². The Hall–Kier alpha value is -1.11. The van der Waals surface area contributed by atoms with Crippen LogP contribution in [0.4, 0.5) is 5.69 Å². The molecule has 1 unspecified atom stereocenters. The minimum absolute atomic E-state index is 0.112. The molecule has 0 aromatic heterocycles. The molecule has 0 amide bonds. The third kappa shape index (κ3) is 3.13. The quantitative estimate of drug-likeness (QED) is 0.871. The molecule has 0 saturated carbocycles. The van der Waals surface area contributed by atoms with Crippen molar-refractivity contribution < 1.29 is 8.42 Å². The van der Waals surface area contributed by atoms with Crippen LogP contribution in [0.1, 0.15) is 38.8 Å². The van der Waals surface area contributed by atoms with E-state index in [1.807, 2.05) is 38.1 Å². The first-order chi connectivity index (χ1) is 9.45. The molecule has 0 spiro atoms. The van der Waals surface area contributed by atoms with E-state index in [0.717, 1.165) is 24.2 Å². The van der Waals surface area contributed by atoms with Crippen LogP contribution in [0.15, 0.2) is 24.3 Å². The third-order valence-electron chi connectivity index (χ3n) is 3.33. The van der Waals surface area contributed by atoms with Crippen LogP contribution < -0.4 is 14.3 Å². The van der Waals surface area contributed by atoms with E-state index in [4.69, 9.17) is 0 Å². The summed E-state index contributed by atoms with van der Waals surface area (Å²) in [5, 5.41) is 3.41. The molecule has 2 N–H and O–H groups in total. The zero-order valence-electron chi connectivity index (χ0n) is 12.3. The van der Waals surface area contributed by atoms with Gasteiger partial charge in [0, 0.05) is 18.6 Å². The Morgan fingerprint density at radius 1 is 1.35 bits per heavy atom. The molecule has 20 heavy (non-hydrogen) atoms. The standard InChI is InChI=1S/C14H23N3O2S/c1-4-15-13-9-10-17(20(18,19)16-11(2)3)14-8-6-5-7-12(13)14/h5-8,11,13,15-16H,4,9-10H2,1-3H3. The van der Waals surface area contributed by atoms with Crippen molar-refractivity contribution in [3.05, 3.63) is 29.8 Å². The summed E-state index contributed by atoms with van der Waals surface area (Å²) in [6.07, 6.45) is 0.782. The molecular formula is C14H23N3O2S. The number of para-hydroxylation sites is 1. The van der Waals surface area contributed by atoms with Gasteiger partial charge in [0.1, 0.15) is 0 Å². The van der Waals surface area contributed by atoms with Gasteiger partial charge in [0.25, 0.3) is 0 Å². The van der Waals surface area contributed by atoms with E-state index in [0.29, 0.717) is 6.54 Å². The Morgan fingerprint density at radius 3 is 2.70 bits per heavy atom. The van der Waals surface area contributed by atoms with Gasteiger partial charge in [-0.25, -0.2) is 0 Å². The summed E-state index contributed by atoms with van der Waals surface area (Å²) in [7, 11) is -3.48. The van der Waals surface area contributed by atoms with Crippen LogP contribution in [0.3, 0.4) is 0 Å². The van der Waals surface area contributed by atoms with Gasteiger partial charge in [-0.2, -0.15) is 13.1 Å². The lowest BCUT2D eigenvalue weighted by atomic mass is 9.98. The van der Waals surface area contributed by atoms with E-state index >= 15 is 0 Å². The average molecular weight is 297 g/mol. The van der Waals surface area contributed by atoms with Gasteiger partial charge in [0.05, 0.1) is 5.69 Å². The van der Waals surface area contributed by atoms with Gasteiger partial charge in [0.2, 0.25) is 0 Å². The van der Waals surface area contributed by atoms with Crippen LogP contribution >= 0.6 is 0 Å². The summed E-state index contributed by atoms with van der Waals surface area (Å²) in [4.78, 5) is 0. The minimum atomic E-state index is -3.48. The second-order valence-corrected chi connectivity index (χ2v) is 6.93. The second-order valence-electron chi connectivity index (χ2n) is 5.31.